The van der Waals surface area contributed by atoms with E-state index in [-0.39, 0.29) is 24.0 Å². The predicted molar refractivity (Wildman–Crippen MR) is 188 cm³/mol. The average molecular weight is 664 g/mol. The molecule has 0 radical (unpaired) electrons. The van der Waals surface area contributed by atoms with Crippen molar-refractivity contribution in [1.82, 2.24) is 29.8 Å². The van der Waals surface area contributed by atoms with Crippen LogP contribution in [-0.4, -0.2) is 127 Å². The van der Waals surface area contributed by atoms with E-state index in [1.807, 2.05) is 20.1 Å². The van der Waals surface area contributed by atoms with Crippen LogP contribution < -0.4 is 10.6 Å². The highest BCUT2D eigenvalue weighted by Gasteiger charge is 2.35. The molecule has 1 aromatic carbocycles. The Morgan fingerprint density at radius 2 is 1.57 bits per heavy atom. The van der Waals surface area contributed by atoms with Crippen molar-refractivity contribution in [2.24, 2.45) is 0 Å². The Hall–Kier alpha value is -3.15. The number of hydrogen-bond donors (Lipinski definition) is 2. The molecule has 0 bridgehead atoms. The van der Waals surface area contributed by atoms with Crippen LogP contribution in [-0.2, 0) is 30.5 Å². The van der Waals surface area contributed by atoms with E-state index in [4.69, 9.17) is 0 Å². The van der Waals surface area contributed by atoms with Crippen molar-refractivity contribution in [2.45, 2.75) is 83.3 Å². The Bertz CT molecular complexity index is 1390. The minimum absolute atomic E-state index is 0.0163. The van der Waals surface area contributed by atoms with E-state index in [0.29, 0.717) is 45.2 Å². The van der Waals surface area contributed by atoms with Crippen LogP contribution in [0.2, 0.25) is 0 Å². The highest BCUT2D eigenvalue weighted by molar-refractivity contribution is 7.14. The highest BCUT2D eigenvalue weighted by atomic mass is 32.1. The number of thiophene rings is 1. The second-order valence-electron chi connectivity index (χ2n) is 13.8. The van der Waals surface area contributed by atoms with Crippen LogP contribution in [0.15, 0.2) is 29.6 Å². The maximum absolute atomic E-state index is 14.1. The third kappa shape index (κ3) is 7.95. The summed E-state index contributed by atoms with van der Waals surface area (Å²) in [5.41, 5.74) is 4.92. The van der Waals surface area contributed by atoms with Crippen LogP contribution in [0, 0.1) is 0 Å². The number of carbonyl (C=O) groups excluding carboxylic acids is 3. The van der Waals surface area contributed by atoms with Gasteiger partial charge in [-0.2, -0.15) is 0 Å². The van der Waals surface area contributed by atoms with Gasteiger partial charge >= 0.3 is 12.1 Å². The number of benzene rings is 1. The largest absolute Gasteiger partial charge is 0.338 e. The number of nitrogens with zero attached hydrogens (tertiary/aromatic N) is 5. The summed E-state index contributed by atoms with van der Waals surface area (Å²) in [5.74, 6) is 0.0163. The molecule has 0 aliphatic carbocycles. The zero-order valence-corrected chi connectivity index (χ0v) is 29.3. The van der Waals surface area contributed by atoms with E-state index in [1.165, 1.54) is 29.5 Å². The molecule has 4 aliphatic heterocycles. The lowest BCUT2D eigenvalue weighted by molar-refractivity contribution is -0.135. The zero-order valence-electron chi connectivity index (χ0n) is 28.5. The number of fused-ring (bicyclic) bond motifs is 1. The predicted octanol–water partition coefficient (Wildman–Crippen LogP) is 4.29. The Kier molecular flexibility index (Phi) is 11.0. The number of anilines is 1. The lowest BCUT2D eigenvalue weighted by Crippen LogP contribution is -2.59. The molecule has 11 heteroatoms. The van der Waals surface area contributed by atoms with Gasteiger partial charge in [0.2, 0.25) is 5.91 Å². The average Bonchev–Trinajstić information content (AvgIpc) is 3.48. The first-order valence-electron chi connectivity index (χ1n) is 17.8. The molecule has 5 heterocycles. The second kappa shape index (κ2) is 15.4. The van der Waals surface area contributed by atoms with E-state index in [2.05, 4.69) is 65.6 Å². The standard InChI is InChI=1S/C36H53N7O3S/c1-4-27-7-6-26(24-28(27)5-2)25-32(34(44)41-21-19-40(20-22-41)30-9-14-39(3)15-10-30)37-35(45)42-16-11-31(12-17-42)43-18-8-29-13-23-47-33(29)38-36(43)46/h6-7,13,23-24,30-32H,4-5,8-12,14-22,25H2,1-3H3,(H,37,45)(H,38,46)/t32-/m1/s1. The number of carbonyl (C=O) groups is 3. The molecule has 2 aromatic rings. The Morgan fingerprint density at radius 3 is 2.28 bits per heavy atom. The van der Waals surface area contributed by atoms with Crippen molar-refractivity contribution in [3.8, 4) is 0 Å². The Balaban J connectivity index is 1.08. The molecule has 0 spiro atoms. The van der Waals surface area contributed by atoms with Crippen LogP contribution in [0.5, 0.6) is 0 Å². The molecule has 47 heavy (non-hydrogen) atoms. The van der Waals surface area contributed by atoms with Crippen LogP contribution in [0.3, 0.4) is 0 Å². The number of hydrogen-bond acceptors (Lipinski definition) is 6. The van der Waals surface area contributed by atoms with Gasteiger partial charge < -0.3 is 24.9 Å². The summed E-state index contributed by atoms with van der Waals surface area (Å²) >= 11 is 1.57. The summed E-state index contributed by atoms with van der Waals surface area (Å²) < 4.78 is 0. The topological polar surface area (TPSA) is 91.5 Å². The molecule has 256 valence electrons. The smallest absolute Gasteiger partial charge is 0.322 e. The summed E-state index contributed by atoms with van der Waals surface area (Å²) in [5, 5.41) is 9.24. The number of nitrogens with one attached hydrogen (secondary N) is 2. The van der Waals surface area contributed by atoms with Gasteiger partial charge in [-0.05, 0) is 98.8 Å². The first-order valence-corrected chi connectivity index (χ1v) is 18.7. The van der Waals surface area contributed by atoms with Crippen LogP contribution in [0.1, 0.15) is 61.8 Å². The summed E-state index contributed by atoms with van der Waals surface area (Å²) in [6.07, 6.45) is 7.07. The van der Waals surface area contributed by atoms with Gasteiger partial charge in [-0.1, -0.05) is 32.0 Å². The fraction of sp³-hybridized carbons (Fsp3) is 0.639. The van der Waals surface area contributed by atoms with E-state index in [0.717, 1.165) is 68.8 Å². The Morgan fingerprint density at radius 1 is 0.872 bits per heavy atom. The molecule has 1 aromatic heterocycles. The molecule has 6 rings (SSSR count). The number of piperidine rings is 2. The number of amides is 5. The van der Waals surface area contributed by atoms with Crippen molar-refractivity contribution < 1.29 is 14.4 Å². The minimum atomic E-state index is -0.623. The van der Waals surface area contributed by atoms with Gasteiger partial charge in [-0.3, -0.25) is 15.0 Å². The van der Waals surface area contributed by atoms with Gasteiger partial charge in [0.1, 0.15) is 6.04 Å². The lowest BCUT2D eigenvalue weighted by atomic mass is 9.96. The molecule has 0 unspecified atom stereocenters. The molecule has 0 saturated carbocycles. The van der Waals surface area contributed by atoms with E-state index in [9.17, 15) is 14.4 Å². The maximum Gasteiger partial charge on any atom is 0.322 e. The van der Waals surface area contributed by atoms with Crippen molar-refractivity contribution >= 4 is 34.3 Å². The summed E-state index contributed by atoms with van der Waals surface area (Å²) in [6, 6.07) is 8.45. The number of likely N-dealkylation sites (tertiary alicyclic amines) is 2. The van der Waals surface area contributed by atoms with Gasteiger partial charge in [0.25, 0.3) is 0 Å². The van der Waals surface area contributed by atoms with Crippen molar-refractivity contribution in [1.29, 1.82) is 0 Å². The lowest BCUT2D eigenvalue weighted by Gasteiger charge is -2.43. The first kappa shape index (κ1) is 33.7. The van der Waals surface area contributed by atoms with Gasteiger partial charge in [-0.15, -0.1) is 11.3 Å². The third-order valence-electron chi connectivity index (χ3n) is 10.9. The van der Waals surface area contributed by atoms with Crippen molar-refractivity contribution in [3.05, 3.63) is 51.9 Å². The first-order chi connectivity index (χ1) is 22.8. The van der Waals surface area contributed by atoms with Crippen molar-refractivity contribution in [3.63, 3.8) is 0 Å². The summed E-state index contributed by atoms with van der Waals surface area (Å²) in [6.45, 7) is 11.6. The normalized spacial score (nSPS) is 21.3. The van der Waals surface area contributed by atoms with Crippen LogP contribution in [0.25, 0.3) is 0 Å². The quantitative estimate of drug-likeness (QED) is 0.440. The molecule has 2 N–H and O–H groups in total. The molecule has 1 atom stereocenters. The third-order valence-corrected chi connectivity index (χ3v) is 11.8. The SMILES string of the molecule is CCc1ccc(C[C@@H](NC(=O)N2CCC(N3CCc4ccsc4NC3=O)CC2)C(=O)N2CCN(C3CCN(C)CC3)CC2)cc1CC. The van der Waals surface area contributed by atoms with Gasteiger partial charge in [0, 0.05) is 64.3 Å². The number of urea groups is 2. The molecular formula is C36H53N7O3S. The van der Waals surface area contributed by atoms with Gasteiger partial charge in [0.05, 0.1) is 5.00 Å². The van der Waals surface area contributed by atoms with Gasteiger partial charge in [0.15, 0.2) is 0 Å². The number of rotatable bonds is 8. The zero-order chi connectivity index (χ0) is 32.9. The fourth-order valence-electron chi connectivity index (χ4n) is 7.93. The highest BCUT2D eigenvalue weighted by Crippen LogP contribution is 2.29. The molecule has 5 amide bonds. The van der Waals surface area contributed by atoms with Crippen LogP contribution in [0.4, 0.5) is 14.6 Å². The number of piperazine rings is 1. The summed E-state index contributed by atoms with van der Waals surface area (Å²) in [4.78, 5) is 51.6. The molecular weight excluding hydrogens is 611 g/mol. The molecule has 3 fully saturated rings. The monoisotopic (exact) mass is 663 g/mol. The van der Waals surface area contributed by atoms with Gasteiger partial charge in [-0.25, -0.2) is 9.59 Å². The Labute approximate surface area is 284 Å². The fourth-order valence-corrected chi connectivity index (χ4v) is 8.76. The van der Waals surface area contributed by atoms with E-state index >= 15 is 0 Å². The van der Waals surface area contributed by atoms with Crippen LogP contribution >= 0.6 is 11.3 Å². The molecule has 10 nitrogen and oxygen atoms in total. The molecule has 4 aliphatic rings. The number of aryl methyl sites for hydroxylation is 2. The second-order valence-corrected chi connectivity index (χ2v) is 14.7. The maximum atomic E-state index is 14.1. The summed E-state index contributed by atoms with van der Waals surface area (Å²) in [7, 11) is 2.19. The van der Waals surface area contributed by atoms with E-state index in [1.54, 1.807) is 11.3 Å². The minimum Gasteiger partial charge on any atom is -0.338 e. The van der Waals surface area contributed by atoms with E-state index < -0.39 is 6.04 Å². The molecule has 3 saturated heterocycles. The van der Waals surface area contributed by atoms with Crippen molar-refractivity contribution in [2.75, 3.05) is 71.3 Å².